The molecule has 0 unspecified atom stereocenters. The van der Waals surface area contributed by atoms with Crippen LogP contribution in [0.3, 0.4) is 0 Å². The second kappa shape index (κ2) is 6.66. The van der Waals surface area contributed by atoms with Crippen LogP contribution < -0.4 is 10.6 Å². The maximum Gasteiger partial charge on any atom is 0.225 e. The Kier molecular flexibility index (Phi) is 5.49. The number of nitrogens with zero attached hydrogens (tertiary/aromatic N) is 3. The molecule has 0 fully saturated rings. The van der Waals surface area contributed by atoms with E-state index >= 15 is 0 Å². The van der Waals surface area contributed by atoms with Crippen LogP contribution in [0.15, 0.2) is 12.4 Å². The van der Waals surface area contributed by atoms with Crippen LogP contribution in [0.5, 0.6) is 0 Å². The molecule has 5 heteroatoms. The Balaban J connectivity index is 2.70. The summed E-state index contributed by atoms with van der Waals surface area (Å²) >= 11 is 5.76. The van der Waals surface area contributed by atoms with Crippen LogP contribution in [-0.4, -0.2) is 29.6 Å². The van der Waals surface area contributed by atoms with Gasteiger partial charge in [0.15, 0.2) is 0 Å². The molecule has 90 valence electrons. The highest BCUT2D eigenvalue weighted by atomic mass is 35.5. The highest BCUT2D eigenvalue weighted by Crippen LogP contribution is 2.12. The van der Waals surface area contributed by atoms with Gasteiger partial charge in [-0.05, 0) is 18.9 Å². The summed E-state index contributed by atoms with van der Waals surface area (Å²) in [5.41, 5.74) is 5.52. The normalized spacial score (nSPS) is 10.8. The molecule has 4 nitrogen and oxygen atoms in total. The average Bonchev–Trinajstić information content (AvgIpc) is 2.25. The number of hydrogen-bond acceptors (Lipinski definition) is 4. The first-order valence-corrected chi connectivity index (χ1v) is 5.94. The standard InChI is InChI=1S/C11H19ClN4/c1-9(2)8-16(5-3-4-13)11-14-6-10(12)7-15-11/h6-7,9H,3-5,8,13H2,1-2H3. The van der Waals surface area contributed by atoms with E-state index in [2.05, 4.69) is 28.7 Å². The van der Waals surface area contributed by atoms with E-state index in [1.807, 2.05) is 0 Å². The SMILES string of the molecule is CC(C)CN(CCCN)c1ncc(Cl)cn1. The molecule has 16 heavy (non-hydrogen) atoms. The maximum absolute atomic E-state index is 5.76. The van der Waals surface area contributed by atoms with Gasteiger partial charge in [0.2, 0.25) is 5.95 Å². The quantitative estimate of drug-likeness (QED) is 0.829. The molecule has 0 amide bonds. The van der Waals surface area contributed by atoms with E-state index in [4.69, 9.17) is 17.3 Å². The first-order chi connectivity index (χ1) is 7.63. The van der Waals surface area contributed by atoms with Gasteiger partial charge in [-0.3, -0.25) is 0 Å². The minimum Gasteiger partial charge on any atom is -0.341 e. The summed E-state index contributed by atoms with van der Waals surface area (Å²) in [6, 6.07) is 0. The average molecular weight is 243 g/mol. The Hall–Kier alpha value is -0.870. The molecular weight excluding hydrogens is 224 g/mol. The molecule has 1 heterocycles. The van der Waals surface area contributed by atoms with E-state index in [0.29, 0.717) is 17.5 Å². The summed E-state index contributed by atoms with van der Waals surface area (Å²) in [4.78, 5) is 10.6. The molecule has 2 N–H and O–H groups in total. The predicted molar refractivity (Wildman–Crippen MR) is 67.8 cm³/mol. The van der Waals surface area contributed by atoms with Crippen LogP contribution in [-0.2, 0) is 0 Å². The van der Waals surface area contributed by atoms with Gasteiger partial charge in [-0.2, -0.15) is 0 Å². The lowest BCUT2D eigenvalue weighted by molar-refractivity contribution is 0.591. The molecule has 0 saturated carbocycles. The minimum atomic E-state index is 0.562. The van der Waals surface area contributed by atoms with E-state index < -0.39 is 0 Å². The molecule has 1 rings (SSSR count). The van der Waals surface area contributed by atoms with Gasteiger partial charge in [0, 0.05) is 13.1 Å². The Morgan fingerprint density at radius 2 is 2.00 bits per heavy atom. The molecule has 0 radical (unpaired) electrons. The van der Waals surface area contributed by atoms with E-state index in [0.717, 1.165) is 25.5 Å². The zero-order chi connectivity index (χ0) is 12.0. The van der Waals surface area contributed by atoms with E-state index in [9.17, 15) is 0 Å². The predicted octanol–water partition coefficient (Wildman–Crippen LogP) is 1.94. The van der Waals surface area contributed by atoms with Crippen molar-refractivity contribution in [3.8, 4) is 0 Å². The van der Waals surface area contributed by atoms with Crippen LogP contribution in [0.2, 0.25) is 5.02 Å². The Morgan fingerprint density at radius 1 is 1.38 bits per heavy atom. The summed E-state index contributed by atoms with van der Waals surface area (Å²) < 4.78 is 0. The lowest BCUT2D eigenvalue weighted by Gasteiger charge is -2.24. The van der Waals surface area contributed by atoms with Crippen molar-refractivity contribution < 1.29 is 0 Å². The Labute approximate surface area is 102 Å². The number of aromatic nitrogens is 2. The fourth-order valence-electron chi connectivity index (χ4n) is 1.46. The monoisotopic (exact) mass is 242 g/mol. The van der Waals surface area contributed by atoms with Crippen molar-refractivity contribution >= 4 is 17.5 Å². The third-order valence-electron chi connectivity index (χ3n) is 2.11. The third-order valence-corrected chi connectivity index (χ3v) is 2.30. The Bertz CT molecular complexity index is 299. The lowest BCUT2D eigenvalue weighted by Crippen LogP contribution is -2.31. The van der Waals surface area contributed by atoms with Crippen LogP contribution >= 0.6 is 11.6 Å². The number of anilines is 1. The largest absolute Gasteiger partial charge is 0.341 e. The highest BCUT2D eigenvalue weighted by Gasteiger charge is 2.10. The first kappa shape index (κ1) is 13.2. The number of rotatable bonds is 6. The van der Waals surface area contributed by atoms with Gasteiger partial charge in [0.05, 0.1) is 17.4 Å². The molecule has 0 aliphatic carbocycles. The zero-order valence-electron chi connectivity index (χ0n) is 9.86. The lowest BCUT2D eigenvalue weighted by atomic mass is 10.2. The molecule has 1 aromatic rings. The van der Waals surface area contributed by atoms with Gasteiger partial charge in [-0.25, -0.2) is 9.97 Å². The summed E-state index contributed by atoms with van der Waals surface area (Å²) in [5.74, 6) is 1.30. The molecule has 0 aromatic carbocycles. The Morgan fingerprint density at radius 3 is 2.50 bits per heavy atom. The highest BCUT2D eigenvalue weighted by molar-refractivity contribution is 6.30. The molecule has 0 atom stereocenters. The van der Waals surface area contributed by atoms with Gasteiger partial charge in [0.1, 0.15) is 0 Å². The molecule has 0 bridgehead atoms. The van der Waals surface area contributed by atoms with Gasteiger partial charge in [-0.1, -0.05) is 25.4 Å². The van der Waals surface area contributed by atoms with Gasteiger partial charge >= 0.3 is 0 Å². The second-order valence-electron chi connectivity index (χ2n) is 4.18. The number of hydrogen-bond donors (Lipinski definition) is 1. The fraction of sp³-hybridized carbons (Fsp3) is 0.636. The van der Waals surface area contributed by atoms with Crippen molar-refractivity contribution in [3.05, 3.63) is 17.4 Å². The van der Waals surface area contributed by atoms with Crippen LogP contribution in [0.25, 0.3) is 0 Å². The molecule has 1 aromatic heterocycles. The maximum atomic E-state index is 5.76. The van der Waals surface area contributed by atoms with Crippen molar-refractivity contribution in [2.24, 2.45) is 11.7 Å². The smallest absolute Gasteiger partial charge is 0.225 e. The van der Waals surface area contributed by atoms with Crippen molar-refractivity contribution in [2.45, 2.75) is 20.3 Å². The van der Waals surface area contributed by atoms with Gasteiger partial charge in [0.25, 0.3) is 0 Å². The van der Waals surface area contributed by atoms with E-state index in [-0.39, 0.29) is 0 Å². The van der Waals surface area contributed by atoms with Crippen LogP contribution in [0, 0.1) is 5.92 Å². The molecule has 0 aliphatic heterocycles. The van der Waals surface area contributed by atoms with E-state index in [1.165, 1.54) is 0 Å². The van der Waals surface area contributed by atoms with Crippen LogP contribution in [0.1, 0.15) is 20.3 Å². The second-order valence-corrected chi connectivity index (χ2v) is 4.62. The topological polar surface area (TPSA) is 55.0 Å². The van der Waals surface area contributed by atoms with Crippen molar-refractivity contribution in [1.29, 1.82) is 0 Å². The minimum absolute atomic E-state index is 0.562. The summed E-state index contributed by atoms with van der Waals surface area (Å²) in [7, 11) is 0. The third kappa shape index (κ3) is 4.33. The summed E-state index contributed by atoms with van der Waals surface area (Å²) in [6.07, 6.45) is 4.19. The first-order valence-electron chi connectivity index (χ1n) is 5.56. The fourth-order valence-corrected chi connectivity index (χ4v) is 1.56. The zero-order valence-corrected chi connectivity index (χ0v) is 10.6. The molecular formula is C11H19ClN4. The van der Waals surface area contributed by atoms with Gasteiger partial charge < -0.3 is 10.6 Å². The van der Waals surface area contributed by atoms with Crippen molar-refractivity contribution in [3.63, 3.8) is 0 Å². The van der Waals surface area contributed by atoms with Crippen molar-refractivity contribution in [1.82, 2.24) is 9.97 Å². The summed E-state index contributed by atoms with van der Waals surface area (Å²) in [6.45, 7) is 6.84. The molecule has 0 saturated heterocycles. The van der Waals surface area contributed by atoms with Crippen molar-refractivity contribution in [2.75, 3.05) is 24.5 Å². The summed E-state index contributed by atoms with van der Waals surface area (Å²) in [5, 5.41) is 0.562. The molecule has 0 aliphatic rings. The number of nitrogens with two attached hydrogens (primary N) is 1. The number of halogens is 1. The molecule has 0 spiro atoms. The van der Waals surface area contributed by atoms with E-state index in [1.54, 1.807) is 12.4 Å². The van der Waals surface area contributed by atoms with Gasteiger partial charge in [-0.15, -0.1) is 0 Å². The van der Waals surface area contributed by atoms with Crippen LogP contribution in [0.4, 0.5) is 5.95 Å².